The van der Waals surface area contributed by atoms with Crippen molar-refractivity contribution < 1.29 is 9.18 Å². The van der Waals surface area contributed by atoms with Crippen molar-refractivity contribution in [3.63, 3.8) is 0 Å². The van der Waals surface area contributed by atoms with Gasteiger partial charge in [0, 0.05) is 19.3 Å². The van der Waals surface area contributed by atoms with Crippen LogP contribution in [0.4, 0.5) is 4.39 Å². The number of rotatable bonds is 5. The highest BCUT2D eigenvalue weighted by molar-refractivity contribution is 5.94. The maximum atomic E-state index is 13.6. The Balaban J connectivity index is 1.75. The highest BCUT2D eigenvalue weighted by atomic mass is 19.1. The van der Waals surface area contributed by atoms with Crippen LogP contribution in [0.5, 0.6) is 0 Å². The molecule has 0 N–H and O–H groups in total. The second kappa shape index (κ2) is 4.67. The number of amides is 1. The highest BCUT2D eigenvalue weighted by Crippen LogP contribution is 2.34. The number of aromatic nitrogens is 1. The van der Waals surface area contributed by atoms with Gasteiger partial charge in [0.15, 0.2) is 5.82 Å². The quantitative estimate of drug-likeness (QED) is 0.802. The fourth-order valence-corrected chi connectivity index (χ4v) is 2.18. The summed E-state index contributed by atoms with van der Waals surface area (Å²) in [7, 11) is 0. The van der Waals surface area contributed by atoms with Gasteiger partial charge in [-0.1, -0.05) is 0 Å². The molecule has 1 aromatic rings. The molecule has 0 radical (unpaired) electrons. The van der Waals surface area contributed by atoms with Crippen molar-refractivity contribution in [3.8, 4) is 0 Å². The average molecular weight is 248 g/mol. The maximum absolute atomic E-state index is 13.6. The minimum Gasteiger partial charge on any atom is -0.338 e. The number of pyridine rings is 1. The number of carbonyl (C=O) groups is 1. The molecule has 0 bridgehead atoms. The lowest BCUT2D eigenvalue weighted by Gasteiger charge is -2.22. The van der Waals surface area contributed by atoms with Crippen molar-refractivity contribution in [2.45, 2.75) is 25.7 Å². The molecular weight excluding hydrogens is 231 g/mol. The van der Waals surface area contributed by atoms with Crippen LogP contribution in [0.15, 0.2) is 18.5 Å². The van der Waals surface area contributed by atoms with Crippen LogP contribution in [-0.2, 0) is 0 Å². The van der Waals surface area contributed by atoms with E-state index in [-0.39, 0.29) is 11.5 Å². The molecule has 0 aliphatic heterocycles. The van der Waals surface area contributed by atoms with Gasteiger partial charge in [-0.15, -0.1) is 0 Å². The average Bonchev–Trinajstić information content (AvgIpc) is 3.23. The highest BCUT2D eigenvalue weighted by Gasteiger charge is 2.32. The maximum Gasteiger partial charge on any atom is 0.256 e. The van der Waals surface area contributed by atoms with Crippen molar-refractivity contribution in [2.75, 3.05) is 13.1 Å². The number of nitrogens with zero attached hydrogens (tertiary/aromatic N) is 2. The molecule has 4 heteroatoms. The van der Waals surface area contributed by atoms with Crippen molar-refractivity contribution in [1.29, 1.82) is 0 Å². The summed E-state index contributed by atoms with van der Waals surface area (Å²) < 4.78 is 13.6. The summed E-state index contributed by atoms with van der Waals surface area (Å²) >= 11 is 0. The Morgan fingerprint density at radius 2 is 1.89 bits per heavy atom. The molecule has 3 rings (SSSR count). The first-order valence-electron chi connectivity index (χ1n) is 6.63. The molecule has 2 aliphatic carbocycles. The number of halogens is 1. The lowest BCUT2D eigenvalue weighted by atomic mass is 10.2. The van der Waals surface area contributed by atoms with Gasteiger partial charge < -0.3 is 4.90 Å². The molecule has 2 fully saturated rings. The van der Waals surface area contributed by atoms with Gasteiger partial charge in [0.25, 0.3) is 5.91 Å². The lowest BCUT2D eigenvalue weighted by molar-refractivity contribution is 0.0734. The third-order valence-corrected chi connectivity index (χ3v) is 3.64. The smallest absolute Gasteiger partial charge is 0.256 e. The van der Waals surface area contributed by atoms with E-state index in [0.29, 0.717) is 11.8 Å². The topological polar surface area (TPSA) is 33.2 Å². The minimum absolute atomic E-state index is 0.159. The zero-order valence-electron chi connectivity index (χ0n) is 10.3. The predicted octanol–water partition coefficient (Wildman–Crippen LogP) is 2.48. The number of hydrogen-bond acceptors (Lipinski definition) is 2. The van der Waals surface area contributed by atoms with Crippen LogP contribution in [0.1, 0.15) is 36.0 Å². The molecule has 1 amide bonds. The summed E-state index contributed by atoms with van der Waals surface area (Å²) in [6.07, 6.45) is 7.39. The Bertz CT molecular complexity index is 441. The van der Waals surface area contributed by atoms with E-state index < -0.39 is 5.82 Å². The summed E-state index contributed by atoms with van der Waals surface area (Å²) in [4.78, 5) is 17.9. The monoisotopic (exact) mass is 248 g/mol. The van der Waals surface area contributed by atoms with E-state index >= 15 is 0 Å². The van der Waals surface area contributed by atoms with E-state index in [9.17, 15) is 9.18 Å². The lowest BCUT2D eigenvalue weighted by Crippen LogP contribution is -2.35. The minimum atomic E-state index is -0.515. The first kappa shape index (κ1) is 11.6. The summed E-state index contributed by atoms with van der Waals surface area (Å²) in [5, 5.41) is 0. The molecule has 0 spiro atoms. The van der Waals surface area contributed by atoms with Gasteiger partial charge in [-0.3, -0.25) is 9.78 Å². The van der Waals surface area contributed by atoms with Gasteiger partial charge in [0.2, 0.25) is 0 Å². The van der Waals surface area contributed by atoms with E-state index in [2.05, 4.69) is 4.98 Å². The Morgan fingerprint density at radius 3 is 2.39 bits per heavy atom. The van der Waals surface area contributed by atoms with Crippen molar-refractivity contribution in [1.82, 2.24) is 9.88 Å². The molecule has 2 saturated carbocycles. The Kier molecular flexibility index (Phi) is 3.02. The van der Waals surface area contributed by atoms with E-state index in [0.717, 1.165) is 19.3 Å². The number of hydrogen-bond donors (Lipinski definition) is 0. The van der Waals surface area contributed by atoms with Crippen LogP contribution in [-0.4, -0.2) is 28.9 Å². The fraction of sp³-hybridized carbons (Fsp3) is 0.571. The summed E-state index contributed by atoms with van der Waals surface area (Å²) in [6.45, 7) is 1.58. The zero-order chi connectivity index (χ0) is 12.5. The third kappa shape index (κ3) is 2.68. The van der Waals surface area contributed by atoms with Crippen LogP contribution in [0.25, 0.3) is 0 Å². The van der Waals surface area contributed by atoms with Gasteiger partial charge in [-0.05, 0) is 43.6 Å². The van der Waals surface area contributed by atoms with Gasteiger partial charge in [0.1, 0.15) is 0 Å². The van der Waals surface area contributed by atoms with Crippen molar-refractivity contribution in [2.24, 2.45) is 11.8 Å². The second-order valence-corrected chi connectivity index (χ2v) is 5.45. The molecule has 18 heavy (non-hydrogen) atoms. The van der Waals surface area contributed by atoms with Crippen molar-refractivity contribution >= 4 is 5.91 Å². The van der Waals surface area contributed by atoms with Crippen molar-refractivity contribution in [3.05, 3.63) is 29.8 Å². The van der Waals surface area contributed by atoms with Crippen LogP contribution in [0.2, 0.25) is 0 Å². The van der Waals surface area contributed by atoms with E-state index in [1.165, 1.54) is 37.9 Å². The molecule has 0 atom stereocenters. The third-order valence-electron chi connectivity index (χ3n) is 3.64. The molecule has 0 unspecified atom stereocenters. The normalized spacial score (nSPS) is 18.7. The Hall–Kier alpha value is -1.45. The fourth-order valence-electron chi connectivity index (χ4n) is 2.18. The number of carbonyl (C=O) groups excluding carboxylic acids is 1. The molecule has 1 aromatic heterocycles. The molecule has 3 nitrogen and oxygen atoms in total. The first-order valence-corrected chi connectivity index (χ1v) is 6.63. The Labute approximate surface area is 106 Å². The largest absolute Gasteiger partial charge is 0.338 e. The van der Waals surface area contributed by atoms with E-state index in [1.807, 2.05) is 4.90 Å². The molecule has 1 heterocycles. The van der Waals surface area contributed by atoms with Crippen LogP contribution < -0.4 is 0 Å². The Morgan fingerprint density at radius 1 is 1.28 bits per heavy atom. The molecule has 0 saturated heterocycles. The molecule has 0 aromatic carbocycles. The van der Waals surface area contributed by atoms with Crippen LogP contribution >= 0.6 is 0 Å². The van der Waals surface area contributed by atoms with Gasteiger partial charge in [-0.25, -0.2) is 4.39 Å². The zero-order valence-corrected chi connectivity index (χ0v) is 10.3. The SMILES string of the molecule is O=C(c1ccncc1F)N(CC1CC1)CC1CC1. The molecule has 96 valence electrons. The van der Waals surface area contributed by atoms with Crippen LogP contribution in [0.3, 0.4) is 0 Å². The van der Waals surface area contributed by atoms with Gasteiger partial charge in [-0.2, -0.15) is 0 Å². The predicted molar refractivity (Wildman–Crippen MR) is 65.5 cm³/mol. The second-order valence-electron chi connectivity index (χ2n) is 5.45. The van der Waals surface area contributed by atoms with Crippen LogP contribution in [0, 0.1) is 17.7 Å². The summed E-state index contributed by atoms with van der Waals surface area (Å²) in [6, 6.07) is 1.48. The molecular formula is C14H17FN2O. The van der Waals surface area contributed by atoms with Gasteiger partial charge in [0.05, 0.1) is 11.8 Å². The van der Waals surface area contributed by atoms with E-state index in [1.54, 1.807) is 0 Å². The molecule has 2 aliphatic rings. The van der Waals surface area contributed by atoms with Gasteiger partial charge >= 0.3 is 0 Å². The summed E-state index contributed by atoms with van der Waals surface area (Å²) in [5.74, 6) is 0.586. The van der Waals surface area contributed by atoms with E-state index in [4.69, 9.17) is 0 Å². The first-order chi connectivity index (χ1) is 8.74. The summed E-state index contributed by atoms with van der Waals surface area (Å²) in [5.41, 5.74) is 0.159. The standard InChI is InChI=1S/C14H17FN2O/c15-13-7-16-6-5-12(13)14(18)17(8-10-1-2-10)9-11-3-4-11/h5-7,10-11H,1-4,8-9H2.